The Morgan fingerprint density at radius 1 is 1.39 bits per heavy atom. The largest absolute Gasteiger partial charge is 0.481 e. The van der Waals surface area contributed by atoms with E-state index in [1.54, 1.807) is 11.3 Å². The SMILES string of the molecule is CC(C)c1csc(C2CCCN(C(=O)CCCCC(=O)O)C2)n1. The third-order valence-corrected chi connectivity index (χ3v) is 5.31. The first-order valence-electron chi connectivity index (χ1n) is 8.42. The molecule has 2 rings (SSSR count). The molecule has 1 aromatic heterocycles. The van der Waals surface area contributed by atoms with Crippen molar-refractivity contribution >= 4 is 23.2 Å². The van der Waals surface area contributed by atoms with Gasteiger partial charge in [0.05, 0.1) is 10.7 Å². The highest BCUT2D eigenvalue weighted by Gasteiger charge is 2.26. The fourth-order valence-electron chi connectivity index (χ4n) is 2.87. The quantitative estimate of drug-likeness (QED) is 0.771. The van der Waals surface area contributed by atoms with Gasteiger partial charge in [0.15, 0.2) is 0 Å². The molecule has 0 spiro atoms. The van der Waals surface area contributed by atoms with E-state index in [9.17, 15) is 9.59 Å². The van der Waals surface area contributed by atoms with Gasteiger partial charge in [0.2, 0.25) is 5.91 Å². The molecule has 5 nitrogen and oxygen atoms in total. The first kappa shape index (κ1) is 17.9. The second-order valence-electron chi connectivity index (χ2n) is 6.55. The Kier molecular flexibility index (Phi) is 6.57. The van der Waals surface area contributed by atoms with Crippen molar-refractivity contribution in [2.24, 2.45) is 0 Å². The van der Waals surface area contributed by atoms with Crippen molar-refractivity contribution in [2.75, 3.05) is 13.1 Å². The Morgan fingerprint density at radius 2 is 2.13 bits per heavy atom. The average molecular weight is 338 g/mol. The van der Waals surface area contributed by atoms with Crippen LogP contribution in [0.2, 0.25) is 0 Å². The summed E-state index contributed by atoms with van der Waals surface area (Å²) in [5.74, 6) is 0.153. The molecule has 1 saturated heterocycles. The number of unbranched alkanes of at least 4 members (excludes halogenated alkanes) is 1. The maximum atomic E-state index is 12.3. The summed E-state index contributed by atoms with van der Waals surface area (Å²) < 4.78 is 0. The molecule has 128 valence electrons. The van der Waals surface area contributed by atoms with Gasteiger partial charge in [0.25, 0.3) is 0 Å². The smallest absolute Gasteiger partial charge is 0.303 e. The third-order valence-electron chi connectivity index (χ3n) is 4.29. The minimum absolute atomic E-state index is 0.146. The molecule has 1 unspecified atom stereocenters. The fourth-order valence-corrected chi connectivity index (χ4v) is 3.98. The Hall–Kier alpha value is -1.43. The zero-order chi connectivity index (χ0) is 16.8. The molecule has 0 aliphatic carbocycles. The fraction of sp³-hybridized carbons (Fsp3) is 0.706. The topological polar surface area (TPSA) is 70.5 Å². The summed E-state index contributed by atoms with van der Waals surface area (Å²) in [7, 11) is 0. The number of aliphatic carboxylic acids is 1. The van der Waals surface area contributed by atoms with Crippen molar-refractivity contribution < 1.29 is 14.7 Å². The summed E-state index contributed by atoms with van der Waals surface area (Å²) in [5.41, 5.74) is 1.14. The Morgan fingerprint density at radius 3 is 2.78 bits per heavy atom. The molecule has 1 N–H and O–H groups in total. The van der Waals surface area contributed by atoms with E-state index in [0.29, 0.717) is 31.1 Å². The van der Waals surface area contributed by atoms with Crippen LogP contribution in [0.4, 0.5) is 0 Å². The molecule has 2 heterocycles. The lowest BCUT2D eigenvalue weighted by molar-refractivity contribution is -0.137. The van der Waals surface area contributed by atoms with Gasteiger partial charge in [-0.25, -0.2) is 4.98 Å². The zero-order valence-corrected chi connectivity index (χ0v) is 14.8. The molecule has 1 aliphatic heterocycles. The van der Waals surface area contributed by atoms with E-state index in [0.717, 1.165) is 36.6 Å². The molecule has 1 atom stereocenters. The van der Waals surface area contributed by atoms with Crippen molar-refractivity contribution in [3.63, 3.8) is 0 Å². The van der Waals surface area contributed by atoms with Crippen LogP contribution < -0.4 is 0 Å². The van der Waals surface area contributed by atoms with Crippen molar-refractivity contribution in [3.8, 4) is 0 Å². The van der Waals surface area contributed by atoms with E-state index in [1.807, 2.05) is 4.90 Å². The normalized spacial score (nSPS) is 18.4. The minimum Gasteiger partial charge on any atom is -0.481 e. The summed E-state index contributed by atoms with van der Waals surface area (Å²) in [6.07, 6.45) is 3.93. The average Bonchev–Trinajstić information content (AvgIpc) is 3.01. The molecule has 0 radical (unpaired) electrons. The van der Waals surface area contributed by atoms with E-state index < -0.39 is 5.97 Å². The van der Waals surface area contributed by atoms with E-state index in [-0.39, 0.29) is 12.3 Å². The molecule has 1 amide bonds. The van der Waals surface area contributed by atoms with Crippen LogP contribution in [0, 0.1) is 0 Å². The van der Waals surface area contributed by atoms with Gasteiger partial charge in [-0.05, 0) is 31.6 Å². The van der Waals surface area contributed by atoms with Crippen LogP contribution in [-0.2, 0) is 9.59 Å². The molecule has 0 aromatic carbocycles. The summed E-state index contributed by atoms with van der Waals surface area (Å²) in [4.78, 5) is 29.5. The van der Waals surface area contributed by atoms with Crippen LogP contribution in [-0.4, -0.2) is 40.0 Å². The third kappa shape index (κ3) is 5.30. The highest BCUT2D eigenvalue weighted by Crippen LogP contribution is 2.31. The van der Waals surface area contributed by atoms with E-state index >= 15 is 0 Å². The second-order valence-corrected chi connectivity index (χ2v) is 7.43. The number of piperidine rings is 1. The highest BCUT2D eigenvalue weighted by atomic mass is 32.1. The number of likely N-dealkylation sites (tertiary alicyclic amines) is 1. The van der Waals surface area contributed by atoms with E-state index in [4.69, 9.17) is 10.1 Å². The number of aromatic nitrogens is 1. The predicted molar refractivity (Wildman–Crippen MR) is 90.9 cm³/mol. The monoisotopic (exact) mass is 338 g/mol. The van der Waals surface area contributed by atoms with Gasteiger partial charge in [-0.3, -0.25) is 9.59 Å². The summed E-state index contributed by atoms with van der Waals surface area (Å²) in [5, 5.41) is 11.9. The van der Waals surface area contributed by atoms with Gasteiger partial charge < -0.3 is 10.0 Å². The van der Waals surface area contributed by atoms with Gasteiger partial charge in [-0.15, -0.1) is 11.3 Å². The molecule has 23 heavy (non-hydrogen) atoms. The Labute approximate surface area is 141 Å². The highest BCUT2D eigenvalue weighted by molar-refractivity contribution is 7.09. The zero-order valence-electron chi connectivity index (χ0n) is 14.0. The van der Waals surface area contributed by atoms with Gasteiger partial charge >= 0.3 is 5.97 Å². The first-order chi connectivity index (χ1) is 11.0. The number of thiazole rings is 1. The van der Waals surface area contributed by atoms with E-state index in [2.05, 4.69) is 19.2 Å². The summed E-state index contributed by atoms with van der Waals surface area (Å²) in [6.45, 7) is 5.86. The van der Waals surface area contributed by atoms with Crippen LogP contribution in [0.25, 0.3) is 0 Å². The molecule has 0 saturated carbocycles. The number of hydrogen-bond acceptors (Lipinski definition) is 4. The molecular formula is C17H26N2O3S. The Balaban J connectivity index is 1.84. The van der Waals surface area contributed by atoms with Crippen LogP contribution in [0.5, 0.6) is 0 Å². The number of carboxylic acids is 1. The molecule has 6 heteroatoms. The molecule has 1 aromatic rings. The number of hydrogen-bond donors (Lipinski definition) is 1. The maximum absolute atomic E-state index is 12.3. The number of nitrogens with zero attached hydrogens (tertiary/aromatic N) is 2. The molecular weight excluding hydrogens is 312 g/mol. The maximum Gasteiger partial charge on any atom is 0.303 e. The number of carbonyl (C=O) groups excluding carboxylic acids is 1. The number of rotatable bonds is 7. The first-order valence-corrected chi connectivity index (χ1v) is 9.30. The molecule has 0 bridgehead atoms. The van der Waals surface area contributed by atoms with Gasteiger partial charge in [0, 0.05) is 37.2 Å². The van der Waals surface area contributed by atoms with Gasteiger partial charge in [0.1, 0.15) is 0 Å². The van der Waals surface area contributed by atoms with Gasteiger partial charge in [-0.1, -0.05) is 13.8 Å². The van der Waals surface area contributed by atoms with E-state index in [1.165, 1.54) is 0 Å². The number of amides is 1. The van der Waals surface area contributed by atoms with Gasteiger partial charge in [-0.2, -0.15) is 0 Å². The molecule has 1 aliphatic rings. The van der Waals surface area contributed by atoms with Crippen LogP contribution in [0.3, 0.4) is 0 Å². The van der Waals surface area contributed by atoms with Crippen molar-refractivity contribution in [2.45, 2.75) is 64.2 Å². The number of carbonyl (C=O) groups is 2. The lowest BCUT2D eigenvalue weighted by atomic mass is 9.98. The molecule has 1 fully saturated rings. The van der Waals surface area contributed by atoms with Crippen molar-refractivity contribution in [1.82, 2.24) is 9.88 Å². The standard InChI is InChI=1S/C17H26N2O3S/c1-12(2)14-11-23-17(18-14)13-6-5-9-19(10-13)15(20)7-3-4-8-16(21)22/h11-13H,3-10H2,1-2H3,(H,21,22). The van der Waals surface area contributed by atoms with Crippen molar-refractivity contribution in [3.05, 3.63) is 16.1 Å². The predicted octanol–water partition coefficient (Wildman–Crippen LogP) is 3.62. The second kappa shape index (κ2) is 8.43. The number of carboxylic acid groups (broad SMARTS) is 1. The van der Waals surface area contributed by atoms with Crippen LogP contribution in [0.1, 0.15) is 74.9 Å². The minimum atomic E-state index is -0.791. The van der Waals surface area contributed by atoms with Crippen LogP contribution in [0.15, 0.2) is 5.38 Å². The van der Waals surface area contributed by atoms with Crippen LogP contribution >= 0.6 is 11.3 Å². The Bertz CT molecular complexity index is 542. The lowest BCUT2D eigenvalue weighted by Gasteiger charge is -2.32. The van der Waals surface area contributed by atoms with Crippen molar-refractivity contribution in [1.29, 1.82) is 0 Å². The summed E-state index contributed by atoms with van der Waals surface area (Å²) >= 11 is 1.71. The lowest BCUT2D eigenvalue weighted by Crippen LogP contribution is -2.39. The summed E-state index contributed by atoms with van der Waals surface area (Å²) in [6, 6.07) is 0.